The molecule has 1 N–H and O–H groups in total. The summed E-state index contributed by atoms with van der Waals surface area (Å²) in [5.74, 6) is 0.294. The molecular formula is C11H10BrClN4O. The highest BCUT2D eigenvalue weighted by atomic mass is 79.9. The quantitative estimate of drug-likeness (QED) is 0.941. The third-order valence-corrected chi connectivity index (χ3v) is 3.03. The van der Waals surface area contributed by atoms with Crippen molar-refractivity contribution in [2.75, 3.05) is 5.32 Å². The minimum Gasteiger partial charge on any atom is -0.309 e. The van der Waals surface area contributed by atoms with Crippen LogP contribution in [0.15, 0.2) is 29.0 Å². The highest BCUT2D eigenvalue weighted by Crippen LogP contribution is 2.13. The summed E-state index contributed by atoms with van der Waals surface area (Å²) < 4.78 is 2.35. The van der Waals surface area contributed by atoms with E-state index in [0.717, 1.165) is 4.47 Å². The Balaban J connectivity index is 1.98. The molecule has 0 saturated carbocycles. The predicted molar refractivity (Wildman–Crippen MR) is 72.5 cm³/mol. The van der Waals surface area contributed by atoms with Gasteiger partial charge in [0.25, 0.3) is 0 Å². The van der Waals surface area contributed by atoms with Crippen molar-refractivity contribution in [3.8, 4) is 0 Å². The van der Waals surface area contributed by atoms with Crippen LogP contribution in [-0.4, -0.2) is 20.7 Å². The number of anilines is 1. The Morgan fingerprint density at radius 3 is 2.89 bits per heavy atom. The first-order valence-electron chi connectivity index (χ1n) is 5.15. The number of nitrogens with zero attached hydrogens (tertiary/aromatic N) is 3. The SMILES string of the molecule is Cc1nn(CC(=O)Nc2ccc(Br)cn2)cc1Cl. The molecule has 0 aliphatic rings. The number of nitrogens with one attached hydrogen (secondary N) is 1. The molecule has 0 fully saturated rings. The average molecular weight is 330 g/mol. The van der Waals surface area contributed by atoms with Crippen LogP contribution in [0.3, 0.4) is 0 Å². The molecular weight excluding hydrogens is 320 g/mol. The van der Waals surface area contributed by atoms with Crippen molar-refractivity contribution in [3.05, 3.63) is 39.7 Å². The summed E-state index contributed by atoms with van der Waals surface area (Å²) in [7, 11) is 0. The van der Waals surface area contributed by atoms with Crippen molar-refractivity contribution >= 4 is 39.3 Å². The second-order valence-electron chi connectivity index (χ2n) is 3.67. The van der Waals surface area contributed by atoms with E-state index in [2.05, 4.69) is 31.3 Å². The molecule has 0 spiro atoms. The first-order chi connectivity index (χ1) is 8.54. The number of carbonyl (C=O) groups excluding carboxylic acids is 1. The predicted octanol–water partition coefficient (Wildman–Crippen LogP) is 2.64. The molecule has 2 heterocycles. The summed E-state index contributed by atoms with van der Waals surface area (Å²) in [6, 6.07) is 3.51. The van der Waals surface area contributed by atoms with Gasteiger partial charge in [0.1, 0.15) is 12.4 Å². The molecule has 7 heteroatoms. The number of rotatable bonds is 3. The summed E-state index contributed by atoms with van der Waals surface area (Å²) in [6.45, 7) is 1.89. The smallest absolute Gasteiger partial charge is 0.247 e. The van der Waals surface area contributed by atoms with E-state index in [0.29, 0.717) is 16.5 Å². The molecule has 2 rings (SSSR count). The van der Waals surface area contributed by atoms with Crippen LogP contribution in [0, 0.1) is 6.92 Å². The molecule has 5 nitrogen and oxygen atoms in total. The van der Waals surface area contributed by atoms with Crippen molar-refractivity contribution in [2.24, 2.45) is 0 Å². The standard InChI is InChI=1S/C11H10BrClN4O/c1-7-9(13)5-17(16-7)6-11(18)15-10-3-2-8(12)4-14-10/h2-5H,6H2,1H3,(H,14,15,18). The van der Waals surface area contributed by atoms with Gasteiger partial charge in [-0.2, -0.15) is 5.10 Å². The summed E-state index contributed by atoms with van der Waals surface area (Å²) in [5.41, 5.74) is 0.700. The molecule has 0 aliphatic heterocycles. The summed E-state index contributed by atoms with van der Waals surface area (Å²) >= 11 is 9.13. The summed E-state index contributed by atoms with van der Waals surface area (Å²) in [4.78, 5) is 15.8. The molecule has 0 bridgehead atoms. The van der Waals surface area contributed by atoms with Crippen molar-refractivity contribution in [1.29, 1.82) is 0 Å². The van der Waals surface area contributed by atoms with Crippen LogP contribution in [0.2, 0.25) is 5.02 Å². The number of aromatic nitrogens is 3. The van der Waals surface area contributed by atoms with Crippen molar-refractivity contribution in [1.82, 2.24) is 14.8 Å². The minimum atomic E-state index is -0.205. The first-order valence-corrected chi connectivity index (χ1v) is 6.32. The molecule has 18 heavy (non-hydrogen) atoms. The minimum absolute atomic E-state index is 0.102. The third kappa shape index (κ3) is 3.30. The van der Waals surface area contributed by atoms with Gasteiger partial charge in [-0.3, -0.25) is 9.48 Å². The monoisotopic (exact) mass is 328 g/mol. The Hall–Kier alpha value is -1.40. The lowest BCUT2D eigenvalue weighted by Crippen LogP contribution is -2.19. The molecule has 2 aromatic heterocycles. The Labute approximate surface area is 117 Å². The number of amides is 1. The zero-order valence-electron chi connectivity index (χ0n) is 9.52. The third-order valence-electron chi connectivity index (χ3n) is 2.19. The van der Waals surface area contributed by atoms with Gasteiger partial charge < -0.3 is 5.32 Å². The van der Waals surface area contributed by atoms with Crippen molar-refractivity contribution < 1.29 is 4.79 Å². The zero-order valence-corrected chi connectivity index (χ0v) is 11.9. The topological polar surface area (TPSA) is 59.8 Å². The fraction of sp³-hybridized carbons (Fsp3) is 0.182. The second-order valence-corrected chi connectivity index (χ2v) is 4.99. The largest absolute Gasteiger partial charge is 0.309 e. The van der Waals surface area contributed by atoms with Gasteiger partial charge in [0, 0.05) is 16.9 Å². The molecule has 0 aliphatic carbocycles. The summed E-state index contributed by atoms with van der Waals surface area (Å²) in [6.07, 6.45) is 3.23. The molecule has 1 amide bonds. The molecule has 0 aromatic carbocycles. The van der Waals surface area contributed by atoms with Gasteiger partial charge in [-0.25, -0.2) is 4.98 Å². The highest BCUT2D eigenvalue weighted by Gasteiger charge is 2.07. The zero-order chi connectivity index (χ0) is 13.1. The van der Waals surface area contributed by atoms with Gasteiger partial charge in [-0.05, 0) is 35.0 Å². The molecule has 0 radical (unpaired) electrons. The van der Waals surface area contributed by atoms with E-state index in [9.17, 15) is 4.79 Å². The molecule has 2 aromatic rings. The summed E-state index contributed by atoms with van der Waals surface area (Å²) in [5, 5.41) is 7.32. The fourth-order valence-electron chi connectivity index (χ4n) is 1.35. The van der Waals surface area contributed by atoms with E-state index in [4.69, 9.17) is 11.6 Å². The van der Waals surface area contributed by atoms with Gasteiger partial charge in [-0.15, -0.1) is 0 Å². The van der Waals surface area contributed by atoms with E-state index < -0.39 is 0 Å². The molecule has 0 unspecified atom stereocenters. The maximum absolute atomic E-state index is 11.7. The maximum atomic E-state index is 11.7. The number of halogens is 2. The van der Waals surface area contributed by atoms with Crippen LogP contribution >= 0.6 is 27.5 Å². The van der Waals surface area contributed by atoms with Crippen molar-refractivity contribution in [2.45, 2.75) is 13.5 Å². The van der Waals surface area contributed by atoms with E-state index in [1.807, 2.05) is 0 Å². The van der Waals surface area contributed by atoms with Gasteiger partial charge in [-0.1, -0.05) is 11.6 Å². The van der Waals surface area contributed by atoms with Crippen LogP contribution in [0.25, 0.3) is 0 Å². The van der Waals surface area contributed by atoms with Crippen LogP contribution in [0.1, 0.15) is 5.69 Å². The van der Waals surface area contributed by atoms with E-state index in [1.165, 1.54) is 4.68 Å². The molecule has 94 valence electrons. The van der Waals surface area contributed by atoms with Gasteiger partial charge in [0.05, 0.1) is 10.7 Å². The lowest BCUT2D eigenvalue weighted by molar-refractivity contribution is -0.116. The lowest BCUT2D eigenvalue weighted by atomic mass is 10.4. The fourth-order valence-corrected chi connectivity index (χ4v) is 1.74. The van der Waals surface area contributed by atoms with Crippen molar-refractivity contribution in [3.63, 3.8) is 0 Å². The van der Waals surface area contributed by atoms with E-state index in [-0.39, 0.29) is 12.5 Å². The molecule has 0 saturated heterocycles. The van der Waals surface area contributed by atoms with E-state index in [1.54, 1.807) is 31.5 Å². The lowest BCUT2D eigenvalue weighted by Gasteiger charge is -2.04. The number of pyridine rings is 1. The van der Waals surface area contributed by atoms with Crippen LogP contribution in [0.5, 0.6) is 0 Å². The number of hydrogen-bond acceptors (Lipinski definition) is 3. The highest BCUT2D eigenvalue weighted by molar-refractivity contribution is 9.10. The van der Waals surface area contributed by atoms with E-state index >= 15 is 0 Å². The Morgan fingerprint density at radius 2 is 2.33 bits per heavy atom. The van der Waals surface area contributed by atoms with Gasteiger partial charge in [0.2, 0.25) is 5.91 Å². The second kappa shape index (κ2) is 5.49. The average Bonchev–Trinajstić information content (AvgIpc) is 2.61. The van der Waals surface area contributed by atoms with Crippen LogP contribution in [-0.2, 0) is 11.3 Å². The number of aryl methyl sites for hydroxylation is 1. The molecule has 0 atom stereocenters. The van der Waals surface area contributed by atoms with Crippen LogP contribution < -0.4 is 5.32 Å². The van der Waals surface area contributed by atoms with Gasteiger partial charge in [0.15, 0.2) is 0 Å². The maximum Gasteiger partial charge on any atom is 0.247 e. The Bertz CT molecular complexity index is 547. The first kappa shape index (κ1) is 13.0. The Kier molecular flexibility index (Phi) is 3.98. The number of carbonyl (C=O) groups is 1. The Morgan fingerprint density at radius 1 is 1.56 bits per heavy atom. The van der Waals surface area contributed by atoms with Gasteiger partial charge >= 0.3 is 0 Å². The number of hydrogen-bond donors (Lipinski definition) is 1. The normalized spacial score (nSPS) is 10.4. The van der Waals surface area contributed by atoms with Crippen LogP contribution in [0.4, 0.5) is 5.82 Å².